The second-order valence-electron chi connectivity index (χ2n) is 3.73. The van der Waals surface area contributed by atoms with Gasteiger partial charge in [-0.3, -0.25) is 0 Å². The summed E-state index contributed by atoms with van der Waals surface area (Å²) in [5.74, 6) is 0. The number of aliphatic hydroxyl groups excluding tert-OH is 1. The fraction of sp³-hybridized carbons (Fsp3) is 1.00. The van der Waals surface area contributed by atoms with E-state index in [1.54, 1.807) is 0 Å². The highest BCUT2D eigenvalue weighted by molar-refractivity contribution is 4.82. The van der Waals surface area contributed by atoms with E-state index in [2.05, 4.69) is 10.1 Å². The van der Waals surface area contributed by atoms with Gasteiger partial charge in [0, 0.05) is 12.6 Å². The average molecular weight is 227 g/mol. The Hall–Kier alpha value is -0.330. The van der Waals surface area contributed by atoms with Gasteiger partial charge in [-0.15, -0.1) is 0 Å². The molecule has 3 nitrogen and oxygen atoms in total. The van der Waals surface area contributed by atoms with Gasteiger partial charge in [0.1, 0.15) is 6.61 Å². The van der Waals surface area contributed by atoms with Crippen LogP contribution in [0.15, 0.2) is 0 Å². The van der Waals surface area contributed by atoms with Crippen LogP contribution in [0, 0.1) is 0 Å². The maximum absolute atomic E-state index is 11.7. The quantitative estimate of drug-likeness (QED) is 0.690. The Bertz CT molecular complexity index is 187. The predicted octanol–water partition coefficient (Wildman–Crippen LogP) is 1.07. The summed E-state index contributed by atoms with van der Waals surface area (Å²) in [6.45, 7) is -0.845. The van der Waals surface area contributed by atoms with E-state index in [9.17, 15) is 18.3 Å². The lowest BCUT2D eigenvalue weighted by atomic mass is 10.2. The molecule has 2 N–H and O–H groups in total. The molecule has 0 bridgehead atoms. The fourth-order valence-corrected chi connectivity index (χ4v) is 1.68. The van der Waals surface area contributed by atoms with E-state index in [0.717, 1.165) is 19.3 Å². The van der Waals surface area contributed by atoms with E-state index in [1.807, 2.05) is 0 Å². The van der Waals surface area contributed by atoms with E-state index in [0.29, 0.717) is 6.54 Å². The minimum absolute atomic E-state index is 0.0134. The highest BCUT2D eigenvalue weighted by Gasteiger charge is 2.27. The van der Waals surface area contributed by atoms with Crippen LogP contribution in [0.1, 0.15) is 19.3 Å². The van der Waals surface area contributed by atoms with Crippen molar-refractivity contribution >= 4 is 0 Å². The predicted molar refractivity (Wildman–Crippen MR) is 48.5 cm³/mol. The van der Waals surface area contributed by atoms with Crippen LogP contribution in [-0.4, -0.2) is 43.2 Å². The molecule has 0 saturated heterocycles. The van der Waals surface area contributed by atoms with Crippen LogP contribution in [0.5, 0.6) is 0 Å². The maximum Gasteiger partial charge on any atom is 0.411 e. The van der Waals surface area contributed by atoms with Crippen molar-refractivity contribution in [2.24, 2.45) is 0 Å². The highest BCUT2D eigenvalue weighted by Crippen LogP contribution is 2.18. The summed E-state index contributed by atoms with van der Waals surface area (Å²) in [6.07, 6.45) is -2.02. The Morgan fingerprint density at radius 3 is 2.60 bits per heavy atom. The van der Waals surface area contributed by atoms with Crippen molar-refractivity contribution in [1.29, 1.82) is 0 Å². The van der Waals surface area contributed by atoms with Gasteiger partial charge in [-0.05, 0) is 19.3 Å². The lowest BCUT2D eigenvalue weighted by Gasteiger charge is -2.16. The topological polar surface area (TPSA) is 41.5 Å². The van der Waals surface area contributed by atoms with Gasteiger partial charge in [0.05, 0.1) is 12.7 Å². The molecule has 1 saturated carbocycles. The Morgan fingerprint density at radius 2 is 2.07 bits per heavy atom. The molecule has 1 fully saturated rings. The molecule has 1 aliphatic carbocycles. The smallest absolute Gasteiger partial charge is 0.392 e. The molecule has 0 spiro atoms. The molecular weight excluding hydrogens is 211 g/mol. The molecule has 1 aliphatic rings. The van der Waals surface area contributed by atoms with E-state index < -0.39 is 12.8 Å². The number of aliphatic hydroxyl groups is 1. The van der Waals surface area contributed by atoms with Crippen molar-refractivity contribution in [2.45, 2.75) is 37.6 Å². The van der Waals surface area contributed by atoms with Crippen molar-refractivity contribution < 1.29 is 23.0 Å². The third-order valence-electron chi connectivity index (χ3n) is 2.40. The van der Waals surface area contributed by atoms with Crippen molar-refractivity contribution in [3.63, 3.8) is 0 Å². The average Bonchev–Trinajstić information content (AvgIpc) is 2.49. The van der Waals surface area contributed by atoms with E-state index in [1.165, 1.54) is 0 Å². The number of halogens is 3. The third-order valence-corrected chi connectivity index (χ3v) is 2.40. The molecule has 0 unspecified atom stereocenters. The number of hydrogen-bond donors (Lipinski definition) is 2. The van der Waals surface area contributed by atoms with Gasteiger partial charge in [-0.2, -0.15) is 13.2 Å². The lowest BCUT2D eigenvalue weighted by Crippen LogP contribution is -2.37. The second-order valence-corrected chi connectivity index (χ2v) is 3.73. The number of alkyl halides is 3. The summed E-state index contributed by atoms with van der Waals surface area (Å²) in [5.41, 5.74) is 0. The minimum Gasteiger partial charge on any atom is -0.392 e. The Labute approximate surface area is 86.6 Å². The second kappa shape index (κ2) is 5.67. The first-order valence-electron chi connectivity index (χ1n) is 5.05. The number of nitrogens with one attached hydrogen (secondary N) is 1. The first kappa shape index (κ1) is 12.7. The summed E-state index contributed by atoms with van der Waals surface area (Å²) < 4.78 is 39.4. The number of hydrogen-bond acceptors (Lipinski definition) is 3. The van der Waals surface area contributed by atoms with Crippen LogP contribution in [-0.2, 0) is 4.74 Å². The minimum atomic E-state index is -4.26. The summed E-state index contributed by atoms with van der Waals surface area (Å²) in [7, 11) is 0. The van der Waals surface area contributed by atoms with Gasteiger partial charge in [0.15, 0.2) is 0 Å². The van der Waals surface area contributed by atoms with Crippen LogP contribution >= 0.6 is 0 Å². The van der Waals surface area contributed by atoms with Crippen molar-refractivity contribution in [1.82, 2.24) is 5.32 Å². The molecule has 0 aliphatic heterocycles. The zero-order chi connectivity index (χ0) is 11.3. The Balaban J connectivity index is 1.97. The maximum atomic E-state index is 11.7. The molecule has 6 heteroatoms. The molecule has 0 heterocycles. The Kier molecular flexibility index (Phi) is 4.82. The summed E-state index contributed by atoms with van der Waals surface area (Å²) >= 11 is 0. The molecule has 1 rings (SSSR count). The zero-order valence-electron chi connectivity index (χ0n) is 8.39. The standard InChI is InChI=1S/C9H16F3NO2/c10-9(11,12)6-15-5-4-13-7-2-1-3-8(7)14/h7-8,13-14H,1-6H2/t7-,8-/m1/s1. The normalized spacial score (nSPS) is 27.2. The van der Waals surface area contributed by atoms with Gasteiger partial charge < -0.3 is 15.2 Å². The molecule has 2 atom stereocenters. The first-order chi connectivity index (χ1) is 6.99. The van der Waals surface area contributed by atoms with Gasteiger partial charge in [-0.1, -0.05) is 0 Å². The van der Waals surface area contributed by atoms with Crippen molar-refractivity contribution in [2.75, 3.05) is 19.8 Å². The molecular formula is C9H16F3NO2. The molecule has 90 valence electrons. The van der Waals surface area contributed by atoms with E-state index >= 15 is 0 Å². The molecule has 0 aromatic carbocycles. The van der Waals surface area contributed by atoms with Crippen molar-refractivity contribution in [3.05, 3.63) is 0 Å². The van der Waals surface area contributed by atoms with Gasteiger partial charge >= 0.3 is 6.18 Å². The van der Waals surface area contributed by atoms with Crippen LogP contribution in [0.4, 0.5) is 13.2 Å². The van der Waals surface area contributed by atoms with Crippen molar-refractivity contribution in [3.8, 4) is 0 Å². The molecule has 0 radical (unpaired) electrons. The molecule has 0 aromatic heterocycles. The fourth-order valence-electron chi connectivity index (χ4n) is 1.68. The lowest BCUT2D eigenvalue weighted by molar-refractivity contribution is -0.173. The molecule has 0 amide bonds. The number of ether oxygens (including phenoxy) is 1. The summed E-state index contributed by atoms with van der Waals surface area (Å²) in [5, 5.41) is 12.4. The monoisotopic (exact) mass is 227 g/mol. The summed E-state index contributed by atoms with van der Waals surface area (Å²) in [4.78, 5) is 0. The van der Waals surface area contributed by atoms with Crippen LogP contribution in [0.2, 0.25) is 0 Å². The van der Waals surface area contributed by atoms with Crippen LogP contribution in [0.25, 0.3) is 0 Å². The first-order valence-corrected chi connectivity index (χ1v) is 5.05. The number of rotatable bonds is 5. The summed E-state index contributed by atoms with van der Waals surface area (Å²) in [6, 6.07) is 0.0134. The zero-order valence-corrected chi connectivity index (χ0v) is 8.39. The highest BCUT2D eigenvalue weighted by atomic mass is 19.4. The Morgan fingerprint density at radius 1 is 1.33 bits per heavy atom. The SMILES string of the molecule is O[C@@H]1CCC[C@H]1NCCOCC(F)(F)F. The molecule has 15 heavy (non-hydrogen) atoms. The van der Waals surface area contributed by atoms with E-state index in [-0.39, 0.29) is 18.8 Å². The third kappa shape index (κ3) is 5.34. The van der Waals surface area contributed by atoms with Crippen LogP contribution < -0.4 is 5.32 Å². The van der Waals surface area contributed by atoms with Crippen LogP contribution in [0.3, 0.4) is 0 Å². The largest absolute Gasteiger partial charge is 0.411 e. The van der Waals surface area contributed by atoms with Gasteiger partial charge in [0.2, 0.25) is 0 Å². The van der Waals surface area contributed by atoms with Gasteiger partial charge in [-0.25, -0.2) is 0 Å². The van der Waals surface area contributed by atoms with E-state index in [4.69, 9.17) is 0 Å². The molecule has 0 aromatic rings. The van der Waals surface area contributed by atoms with Gasteiger partial charge in [0.25, 0.3) is 0 Å².